The van der Waals surface area contributed by atoms with Crippen LogP contribution in [0.25, 0.3) is 0 Å². The Kier molecular flexibility index (Phi) is 12.4. The van der Waals surface area contributed by atoms with Gasteiger partial charge in [0.15, 0.2) is 18.7 Å². The van der Waals surface area contributed by atoms with Crippen molar-refractivity contribution in [3.05, 3.63) is 0 Å². The number of hydrogen-bond donors (Lipinski definition) is 7. The van der Waals surface area contributed by atoms with Gasteiger partial charge in [-0.2, -0.15) is 0 Å². The predicted octanol–water partition coefficient (Wildman–Crippen LogP) is -4.43. The molecule has 2 heterocycles. The first kappa shape index (κ1) is 30.0. The molecule has 2 fully saturated rings. The van der Waals surface area contributed by atoms with Gasteiger partial charge in [-0.05, 0) is 7.05 Å². The average molecular weight is 515 g/mol. The van der Waals surface area contributed by atoms with E-state index < -0.39 is 80.7 Å². The van der Waals surface area contributed by atoms with E-state index in [1.54, 1.807) is 7.05 Å². The summed E-state index contributed by atoms with van der Waals surface area (Å²) in [7, 11) is 4.57. The average Bonchev–Trinajstić information content (AvgIpc) is 2.84. The molecule has 7 N–H and O–H groups in total. The molecule has 0 saturated carbocycles. The van der Waals surface area contributed by atoms with Crippen LogP contribution in [-0.4, -0.2) is 164 Å². The van der Waals surface area contributed by atoms with E-state index in [4.69, 9.17) is 28.4 Å². The number of rotatable bonds is 12. The van der Waals surface area contributed by atoms with E-state index in [9.17, 15) is 35.4 Å². The van der Waals surface area contributed by atoms with Crippen molar-refractivity contribution in [2.45, 2.75) is 61.4 Å². The minimum Gasteiger partial charge on any atom is -0.440 e. The molecule has 2 rings (SSSR count). The van der Waals surface area contributed by atoms with Crippen LogP contribution in [0.2, 0.25) is 0 Å². The normalized spacial score (nSPS) is 37.7. The first-order valence-electron chi connectivity index (χ1n) is 11.3. The molecule has 2 aliphatic heterocycles. The molecule has 15 nitrogen and oxygen atoms in total. The summed E-state index contributed by atoms with van der Waals surface area (Å²) in [5, 5.41) is 64.0. The summed E-state index contributed by atoms with van der Waals surface area (Å²) in [6.07, 6.45) is -15.8. The monoisotopic (exact) mass is 514 g/mol. The molecule has 0 aromatic rings. The molecule has 0 spiro atoms. The molecular formula is C20H38N2O13. The molecule has 10 atom stereocenters. The van der Waals surface area contributed by atoms with Crippen molar-refractivity contribution in [1.82, 2.24) is 10.2 Å². The highest BCUT2D eigenvalue weighted by Gasteiger charge is 2.52. The molecule has 0 radical (unpaired) electrons. The van der Waals surface area contributed by atoms with Crippen LogP contribution in [0.3, 0.4) is 0 Å². The summed E-state index contributed by atoms with van der Waals surface area (Å²) in [5.41, 5.74) is 0. The van der Waals surface area contributed by atoms with E-state index in [1.165, 1.54) is 14.1 Å². The highest BCUT2D eigenvalue weighted by molar-refractivity contribution is 5.67. The third kappa shape index (κ3) is 7.88. The van der Waals surface area contributed by atoms with Gasteiger partial charge in [0.2, 0.25) is 0 Å². The lowest BCUT2D eigenvalue weighted by Gasteiger charge is -2.46. The Balaban J connectivity index is 2.14. The fourth-order valence-electron chi connectivity index (χ4n) is 3.52. The summed E-state index contributed by atoms with van der Waals surface area (Å²) in [6.45, 7) is -0.103. The molecule has 35 heavy (non-hydrogen) atoms. The number of aliphatic hydroxyl groups excluding tert-OH is 6. The maximum Gasteiger partial charge on any atom is 0.409 e. The Morgan fingerprint density at radius 3 is 2.09 bits per heavy atom. The first-order chi connectivity index (χ1) is 16.7. The summed E-state index contributed by atoms with van der Waals surface area (Å²) in [4.78, 5) is 13.1. The lowest BCUT2D eigenvalue weighted by molar-refractivity contribution is -0.367. The van der Waals surface area contributed by atoms with Crippen LogP contribution in [0, 0.1) is 0 Å². The van der Waals surface area contributed by atoms with Gasteiger partial charge in [0.25, 0.3) is 0 Å². The number of carbonyl (C=O) groups is 1. The van der Waals surface area contributed by atoms with Crippen LogP contribution in [-0.2, 0) is 28.4 Å². The highest BCUT2D eigenvalue weighted by atomic mass is 16.8. The Morgan fingerprint density at radius 1 is 0.857 bits per heavy atom. The Hall–Kier alpha value is -1.21. The topological polar surface area (TPSA) is 209 Å². The van der Waals surface area contributed by atoms with Gasteiger partial charge in [-0.25, -0.2) is 4.79 Å². The summed E-state index contributed by atoms with van der Waals surface area (Å²) in [5.74, 6) is 0. The number of nitrogens with one attached hydrogen (secondary N) is 1. The molecule has 2 saturated heterocycles. The quantitative estimate of drug-likeness (QED) is 0.123. The van der Waals surface area contributed by atoms with E-state index in [2.05, 4.69) is 5.32 Å². The standard InChI is InChI=1S/C20H38N2O13/c1-21-4-5-30-6-7-31-19-17(14(27)12(25)10(8-23)33-19)34-18-15(28)16(35-20(29)22(2)3)13(26)11(9-24)32-18/h10-19,21,23-28H,4-9H2,1-3H3/t10-,11+,12+,13+,14-,15-,16+,17-,18+,19?/m0/s1. The lowest BCUT2D eigenvalue weighted by atomic mass is 9.97. The van der Waals surface area contributed by atoms with E-state index in [1.807, 2.05) is 0 Å². The number of likely N-dealkylation sites (N-methyl/N-ethyl adjacent to an activating group) is 1. The fourth-order valence-corrected chi connectivity index (χ4v) is 3.52. The van der Waals surface area contributed by atoms with Gasteiger partial charge in [-0.15, -0.1) is 0 Å². The summed E-state index contributed by atoms with van der Waals surface area (Å²) in [6, 6.07) is 0. The molecule has 206 valence electrons. The van der Waals surface area contributed by atoms with Gasteiger partial charge in [0.1, 0.15) is 42.7 Å². The predicted molar refractivity (Wildman–Crippen MR) is 115 cm³/mol. The van der Waals surface area contributed by atoms with Gasteiger partial charge >= 0.3 is 6.09 Å². The van der Waals surface area contributed by atoms with Crippen molar-refractivity contribution in [1.29, 1.82) is 0 Å². The maximum atomic E-state index is 12.0. The van der Waals surface area contributed by atoms with Gasteiger partial charge in [0, 0.05) is 20.6 Å². The van der Waals surface area contributed by atoms with Crippen LogP contribution in [0.15, 0.2) is 0 Å². The molecule has 0 bridgehead atoms. The number of ether oxygens (including phenoxy) is 6. The second kappa shape index (κ2) is 14.5. The van der Waals surface area contributed by atoms with Crippen LogP contribution in [0.5, 0.6) is 0 Å². The number of hydrogen-bond acceptors (Lipinski definition) is 14. The zero-order chi connectivity index (χ0) is 26.1. The third-order valence-corrected chi connectivity index (χ3v) is 5.55. The van der Waals surface area contributed by atoms with Crippen LogP contribution in [0.1, 0.15) is 0 Å². The first-order valence-corrected chi connectivity index (χ1v) is 11.3. The summed E-state index contributed by atoms with van der Waals surface area (Å²) >= 11 is 0. The van der Waals surface area contributed by atoms with Gasteiger partial charge in [-0.1, -0.05) is 0 Å². The number of aliphatic hydroxyl groups is 6. The molecule has 1 amide bonds. The minimum atomic E-state index is -1.75. The van der Waals surface area contributed by atoms with Crippen LogP contribution < -0.4 is 5.32 Å². The van der Waals surface area contributed by atoms with Gasteiger partial charge < -0.3 is 69.3 Å². The van der Waals surface area contributed by atoms with Gasteiger partial charge in [-0.3, -0.25) is 0 Å². The van der Waals surface area contributed by atoms with Crippen LogP contribution in [0.4, 0.5) is 4.79 Å². The maximum absolute atomic E-state index is 12.0. The smallest absolute Gasteiger partial charge is 0.409 e. The Labute approximate surface area is 203 Å². The molecule has 2 aliphatic rings. The Morgan fingerprint density at radius 2 is 1.49 bits per heavy atom. The van der Waals surface area contributed by atoms with E-state index >= 15 is 0 Å². The number of nitrogens with zero attached hydrogens (tertiary/aromatic N) is 1. The van der Waals surface area contributed by atoms with Crippen molar-refractivity contribution in [2.24, 2.45) is 0 Å². The highest BCUT2D eigenvalue weighted by Crippen LogP contribution is 2.30. The van der Waals surface area contributed by atoms with Crippen molar-refractivity contribution >= 4 is 6.09 Å². The van der Waals surface area contributed by atoms with Crippen LogP contribution >= 0.6 is 0 Å². The number of carbonyl (C=O) groups excluding carboxylic acids is 1. The Bertz CT molecular complexity index is 630. The summed E-state index contributed by atoms with van der Waals surface area (Å²) < 4.78 is 32.7. The second-order valence-corrected chi connectivity index (χ2v) is 8.34. The lowest BCUT2D eigenvalue weighted by Crippen LogP contribution is -2.65. The molecule has 0 aromatic carbocycles. The zero-order valence-corrected chi connectivity index (χ0v) is 20.0. The van der Waals surface area contributed by atoms with Crippen molar-refractivity contribution in [2.75, 3.05) is 60.7 Å². The fraction of sp³-hybridized carbons (Fsp3) is 0.950. The molecule has 1 unspecified atom stereocenters. The van der Waals surface area contributed by atoms with E-state index in [0.29, 0.717) is 13.2 Å². The SMILES string of the molecule is CNCCOCCOC1O[C@@H](CO)[C@@H](O)[C@H](O)[C@@H]1O[C@H]1O[C@H](CO)[C@@H](O)[C@@H](OC(=O)N(C)C)[C@@H]1O. The van der Waals surface area contributed by atoms with E-state index in [-0.39, 0.29) is 13.2 Å². The third-order valence-electron chi connectivity index (χ3n) is 5.55. The molecule has 0 aliphatic carbocycles. The van der Waals surface area contributed by atoms with Crippen molar-refractivity contribution in [3.63, 3.8) is 0 Å². The molecule has 15 heteroatoms. The minimum absolute atomic E-state index is 0.00430. The van der Waals surface area contributed by atoms with Gasteiger partial charge in [0.05, 0.1) is 33.0 Å². The largest absolute Gasteiger partial charge is 0.440 e. The molecule has 0 aromatic heterocycles. The van der Waals surface area contributed by atoms with Crippen molar-refractivity contribution in [3.8, 4) is 0 Å². The van der Waals surface area contributed by atoms with Crippen molar-refractivity contribution < 1.29 is 63.9 Å². The second-order valence-electron chi connectivity index (χ2n) is 8.34. The number of amides is 1. The van der Waals surface area contributed by atoms with E-state index in [0.717, 1.165) is 4.90 Å². The zero-order valence-electron chi connectivity index (χ0n) is 20.0. The molecular weight excluding hydrogens is 476 g/mol.